The van der Waals surface area contributed by atoms with Crippen molar-refractivity contribution in [2.24, 2.45) is 0 Å². The van der Waals surface area contributed by atoms with E-state index < -0.39 is 17.4 Å². The minimum absolute atomic E-state index is 0.377. The molecule has 6 heteroatoms. The van der Waals surface area contributed by atoms with Crippen molar-refractivity contribution in [2.75, 3.05) is 0 Å². The number of hydrogen-bond acceptors (Lipinski definition) is 5. The minimum atomic E-state index is -1.19. The molecule has 0 saturated carbocycles. The summed E-state index contributed by atoms with van der Waals surface area (Å²) in [5.74, 6) is 0. The first-order valence-electron chi connectivity index (χ1n) is 7.99. The van der Waals surface area contributed by atoms with Crippen LogP contribution in [0, 0.1) is 17.0 Å². The Hall–Kier alpha value is -2.44. The average molecular weight is 352 g/mol. The van der Waals surface area contributed by atoms with E-state index in [4.69, 9.17) is 0 Å². The molecule has 0 saturated heterocycles. The highest BCUT2D eigenvalue weighted by Gasteiger charge is 2.46. The Morgan fingerprint density at radius 1 is 1.16 bits per heavy atom. The number of benzene rings is 2. The van der Waals surface area contributed by atoms with Gasteiger partial charge in [0.2, 0.25) is 0 Å². The third-order valence-corrected chi connectivity index (χ3v) is 5.88. The van der Waals surface area contributed by atoms with Gasteiger partial charge in [-0.15, -0.1) is 0 Å². The van der Waals surface area contributed by atoms with Crippen molar-refractivity contribution in [2.45, 2.75) is 29.3 Å². The molecular formula is C19H16N2O3S. The second-order valence-corrected chi connectivity index (χ2v) is 7.38. The summed E-state index contributed by atoms with van der Waals surface area (Å²) in [7, 11) is 0. The lowest BCUT2D eigenvalue weighted by molar-refractivity contribution is -0.536. The Kier molecular flexibility index (Phi) is 3.94. The number of aryl methyl sites for hydroxylation is 1. The Bertz CT molecular complexity index is 962. The molecule has 1 aliphatic rings. The van der Waals surface area contributed by atoms with Gasteiger partial charge < -0.3 is 5.11 Å². The molecule has 2 aromatic carbocycles. The Balaban J connectivity index is 1.88. The number of aromatic nitrogens is 1. The quantitative estimate of drug-likeness (QED) is 0.556. The first kappa shape index (κ1) is 16.1. The lowest BCUT2D eigenvalue weighted by atomic mass is 9.95. The average Bonchev–Trinajstić information content (AvgIpc) is 2.60. The summed E-state index contributed by atoms with van der Waals surface area (Å²) < 4.78 is 0. The van der Waals surface area contributed by atoms with E-state index in [0.29, 0.717) is 10.6 Å². The van der Waals surface area contributed by atoms with Crippen LogP contribution in [0.2, 0.25) is 0 Å². The fourth-order valence-electron chi connectivity index (χ4n) is 3.26. The molecule has 0 aliphatic carbocycles. The van der Waals surface area contributed by atoms with Crippen molar-refractivity contribution in [3.63, 3.8) is 0 Å². The van der Waals surface area contributed by atoms with Crippen LogP contribution < -0.4 is 0 Å². The van der Waals surface area contributed by atoms with Gasteiger partial charge in [-0.1, -0.05) is 54.2 Å². The van der Waals surface area contributed by atoms with Gasteiger partial charge in [-0.25, -0.2) is 4.98 Å². The highest BCUT2D eigenvalue weighted by atomic mass is 32.2. The second-order valence-electron chi connectivity index (χ2n) is 6.25. The third-order valence-electron chi connectivity index (χ3n) is 4.53. The Morgan fingerprint density at radius 3 is 2.64 bits per heavy atom. The van der Waals surface area contributed by atoms with Crippen molar-refractivity contribution in [3.8, 4) is 0 Å². The van der Waals surface area contributed by atoms with Crippen LogP contribution in [-0.2, 0) is 0 Å². The highest BCUT2D eigenvalue weighted by Crippen LogP contribution is 2.49. The topological polar surface area (TPSA) is 76.3 Å². The molecule has 4 rings (SSSR count). The van der Waals surface area contributed by atoms with Crippen LogP contribution in [0.4, 0.5) is 0 Å². The SMILES string of the molecule is Cc1ccc2cc3c(nc2c1)S[C@H](c1ccccc1)[C@@H]([N+](=O)[O-])[C@@H]3O. The predicted octanol–water partition coefficient (Wildman–Crippen LogP) is 4.07. The minimum Gasteiger partial charge on any atom is -0.381 e. The maximum atomic E-state index is 11.7. The molecule has 1 aliphatic heterocycles. The lowest BCUT2D eigenvalue weighted by Gasteiger charge is -2.30. The van der Waals surface area contributed by atoms with Gasteiger partial charge in [-0.05, 0) is 30.2 Å². The first-order valence-corrected chi connectivity index (χ1v) is 8.87. The number of hydrogen-bond donors (Lipinski definition) is 1. The molecule has 126 valence electrons. The molecule has 25 heavy (non-hydrogen) atoms. The van der Waals surface area contributed by atoms with E-state index in [1.54, 1.807) is 0 Å². The van der Waals surface area contributed by atoms with E-state index in [2.05, 4.69) is 4.98 Å². The Labute approximate surface area is 148 Å². The van der Waals surface area contributed by atoms with Gasteiger partial charge in [-0.2, -0.15) is 0 Å². The van der Waals surface area contributed by atoms with Crippen LogP contribution in [0.3, 0.4) is 0 Å². The molecule has 0 unspecified atom stereocenters. The fraction of sp³-hybridized carbons (Fsp3) is 0.211. The molecular weight excluding hydrogens is 336 g/mol. The van der Waals surface area contributed by atoms with Crippen LogP contribution >= 0.6 is 11.8 Å². The van der Waals surface area contributed by atoms with Gasteiger partial charge in [0.05, 0.1) is 5.52 Å². The van der Waals surface area contributed by atoms with Crippen molar-refractivity contribution < 1.29 is 10.0 Å². The molecule has 3 atom stereocenters. The van der Waals surface area contributed by atoms with E-state index in [1.165, 1.54) is 11.8 Å². The number of pyridine rings is 1. The number of aliphatic hydroxyl groups excluding tert-OH is 1. The molecule has 0 bridgehead atoms. The van der Waals surface area contributed by atoms with Crippen molar-refractivity contribution in [1.82, 2.24) is 4.98 Å². The van der Waals surface area contributed by atoms with Gasteiger partial charge in [0.25, 0.3) is 6.04 Å². The zero-order chi connectivity index (χ0) is 17.6. The van der Waals surface area contributed by atoms with E-state index in [9.17, 15) is 15.2 Å². The zero-order valence-corrected chi connectivity index (χ0v) is 14.3. The van der Waals surface area contributed by atoms with Crippen molar-refractivity contribution >= 4 is 22.7 Å². The molecule has 0 amide bonds. The standard InChI is InChI=1S/C19H16N2O3S/c1-11-7-8-13-10-14-17(22)16(21(23)24)18(12-5-3-2-4-6-12)25-19(14)20-15(13)9-11/h2-10,16-18,22H,1H3/t16-,17+,18+/m0/s1. The van der Waals surface area contributed by atoms with Gasteiger partial charge in [0, 0.05) is 15.9 Å². The van der Waals surface area contributed by atoms with Gasteiger partial charge in [0.15, 0.2) is 6.10 Å². The lowest BCUT2D eigenvalue weighted by Crippen LogP contribution is -2.35. The molecule has 0 spiro atoms. The fourth-order valence-corrected chi connectivity index (χ4v) is 4.64. The molecule has 0 fully saturated rings. The summed E-state index contributed by atoms with van der Waals surface area (Å²) >= 11 is 1.36. The number of rotatable bonds is 2. The zero-order valence-electron chi connectivity index (χ0n) is 13.5. The van der Waals surface area contributed by atoms with Crippen LogP contribution in [0.15, 0.2) is 59.6 Å². The molecule has 1 N–H and O–H groups in total. The molecule has 5 nitrogen and oxygen atoms in total. The first-order chi connectivity index (χ1) is 12.0. The maximum absolute atomic E-state index is 11.7. The smallest absolute Gasteiger partial charge is 0.258 e. The van der Waals surface area contributed by atoms with Gasteiger partial charge in [-0.3, -0.25) is 10.1 Å². The van der Waals surface area contributed by atoms with Crippen LogP contribution in [0.1, 0.15) is 28.0 Å². The summed E-state index contributed by atoms with van der Waals surface area (Å²) in [6, 6.07) is 15.9. The highest BCUT2D eigenvalue weighted by molar-refractivity contribution is 7.99. The molecule has 0 radical (unpaired) electrons. The second kappa shape index (κ2) is 6.13. The number of nitro groups is 1. The van der Waals surface area contributed by atoms with Crippen molar-refractivity contribution in [1.29, 1.82) is 0 Å². The number of aliphatic hydroxyl groups is 1. The Morgan fingerprint density at radius 2 is 1.92 bits per heavy atom. The number of fused-ring (bicyclic) bond motifs is 2. The summed E-state index contributed by atoms with van der Waals surface area (Å²) in [5, 5.41) is 23.5. The number of thioether (sulfide) groups is 1. The number of nitrogens with zero attached hydrogens (tertiary/aromatic N) is 2. The van der Waals surface area contributed by atoms with E-state index >= 15 is 0 Å². The maximum Gasteiger partial charge on any atom is 0.258 e. The summed E-state index contributed by atoms with van der Waals surface area (Å²) in [6.45, 7) is 2.00. The summed E-state index contributed by atoms with van der Waals surface area (Å²) in [6.07, 6.45) is -1.19. The third kappa shape index (κ3) is 2.77. The monoisotopic (exact) mass is 352 g/mol. The largest absolute Gasteiger partial charge is 0.381 e. The van der Waals surface area contributed by atoms with E-state index in [1.807, 2.05) is 61.5 Å². The molecule has 3 aromatic rings. The predicted molar refractivity (Wildman–Crippen MR) is 97.3 cm³/mol. The van der Waals surface area contributed by atoms with Gasteiger partial charge in [0.1, 0.15) is 10.3 Å². The van der Waals surface area contributed by atoms with Crippen LogP contribution in [0.25, 0.3) is 10.9 Å². The van der Waals surface area contributed by atoms with Crippen LogP contribution in [0.5, 0.6) is 0 Å². The van der Waals surface area contributed by atoms with E-state index in [-0.39, 0.29) is 4.92 Å². The molecule has 2 heterocycles. The van der Waals surface area contributed by atoms with E-state index in [0.717, 1.165) is 22.0 Å². The van der Waals surface area contributed by atoms with Gasteiger partial charge >= 0.3 is 0 Å². The van der Waals surface area contributed by atoms with Crippen molar-refractivity contribution in [3.05, 3.63) is 81.4 Å². The normalized spacial score (nSPS) is 22.6. The molecule has 1 aromatic heterocycles. The van der Waals surface area contributed by atoms with Crippen LogP contribution in [-0.4, -0.2) is 21.1 Å². The summed E-state index contributed by atoms with van der Waals surface area (Å²) in [4.78, 5) is 16.0. The summed E-state index contributed by atoms with van der Waals surface area (Å²) in [5.41, 5.74) is 3.30.